The molecule has 2 aliphatic heterocycles. The zero-order chi connectivity index (χ0) is 17.9. The second kappa shape index (κ2) is 7.62. The van der Waals surface area contributed by atoms with Gasteiger partial charge in [0.25, 0.3) is 0 Å². The van der Waals surface area contributed by atoms with Gasteiger partial charge in [0.1, 0.15) is 5.60 Å². The molecule has 2 heterocycles. The van der Waals surface area contributed by atoms with Crippen molar-refractivity contribution in [2.45, 2.75) is 39.5 Å². The van der Waals surface area contributed by atoms with Gasteiger partial charge in [-0.05, 0) is 38.0 Å². The smallest absolute Gasteiger partial charge is 0.410 e. The number of ether oxygens (including phenoxy) is 2. The molecule has 6 heteroatoms. The Labute approximate surface area is 150 Å². The van der Waals surface area contributed by atoms with E-state index in [0.717, 1.165) is 45.1 Å². The number of amides is 1. The number of morpholine rings is 1. The van der Waals surface area contributed by atoms with Gasteiger partial charge in [0.2, 0.25) is 0 Å². The van der Waals surface area contributed by atoms with E-state index >= 15 is 0 Å². The molecule has 25 heavy (non-hydrogen) atoms. The minimum Gasteiger partial charge on any atom is -0.444 e. The van der Waals surface area contributed by atoms with Gasteiger partial charge >= 0.3 is 6.09 Å². The molecular formula is C19H29N3O3. The van der Waals surface area contributed by atoms with Gasteiger partial charge in [0.15, 0.2) is 0 Å². The Hall–Kier alpha value is -1.79. The number of hydrogen-bond donors (Lipinski definition) is 1. The van der Waals surface area contributed by atoms with E-state index in [9.17, 15) is 4.79 Å². The van der Waals surface area contributed by atoms with Crippen LogP contribution in [-0.2, 0) is 22.6 Å². The lowest BCUT2D eigenvalue weighted by Crippen LogP contribution is -2.39. The number of hydrogen-bond acceptors (Lipinski definition) is 5. The van der Waals surface area contributed by atoms with Gasteiger partial charge in [-0.3, -0.25) is 9.80 Å². The zero-order valence-corrected chi connectivity index (χ0v) is 15.5. The van der Waals surface area contributed by atoms with Gasteiger partial charge in [-0.25, -0.2) is 4.79 Å². The molecule has 2 aliphatic rings. The van der Waals surface area contributed by atoms with E-state index in [-0.39, 0.29) is 6.09 Å². The molecule has 1 amide bonds. The van der Waals surface area contributed by atoms with E-state index in [2.05, 4.69) is 28.4 Å². The maximum atomic E-state index is 12.3. The predicted molar refractivity (Wildman–Crippen MR) is 97.7 cm³/mol. The number of nitrogens with zero attached hydrogens (tertiary/aromatic N) is 2. The number of carbonyl (C=O) groups excluding carboxylic acids is 1. The van der Waals surface area contributed by atoms with Crippen LogP contribution in [0.2, 0.25) is 0 Å². The lowest BCUT2D eigenvalue weighted by Gasteiger charge is -2.26. The van der Waals surface area contributed by atoms with Crippen molar-refractivity contribution >= 4 is 11.8 Å². The Morgan fingerprint density at radius 2 is 2.00 bits per heavy atom. The van der Waals surface area contributed by atoms with Gasteiger partial charge in [-0.15, -0.1) is 0 Å². The highest BCUT2D eigenvalue weighted by atomic mass is 16.6. The third kappa shape index (κ3) is 4.86. The largest absolute Gasteiger partial charge is 0.444 e. The van der Waals surface area contributed by atoms with Gasteiger partial charge in [-0.1, -0.05) is 12.1 Å². The fourth-order valence-corrected chi connectivity index (χ4v) is 3.22. The molecule has 1 saturated heterocycles. The average molecular weight is 347 g/mol. The SMILES string of the molecule is CC(C)(C)OC(=O)N1Cc2cccc(NCCN3CCOCC3)c2C1. The van der Waals surface area contributed by atoms with E-state index in [1.165, 1.54) is 11.1 Å². The Bertz CT molecular complexity index is 606. The van der Waals surface area contributed by atoms with Crippen molar-refractivity contribution in [2.75, 3.05) is 44.7 Å². The summed E-state index contributed by atoms with van der Waals surface area (Å²) in [6.45, 7) is 12.4. The lowest BCUT2D eigenvalue weighted by atomic mass is 10.1. The molecule has 1 aromatic rings. The fourth-order valence-electron chi connectivity index (χ4n) is 3.22. The molecular weight excluding hydrogens is 318 g/mol. The molecule has 0 atom stereocenters. The maximum Gasteiger partial charge on any atom is 0.410 e. The van der Waals surface area contributed by atoms with Gasteiger partial charge in [0, 0.05) is 38.4 Å². The van der Waals surface area contributed by atoms with Crippen LogP contribution in [0.5, 0.6) is 0 Å². The van der Waals surface area contributed by atoms with Crippen LogP contribution in [-0.4, -0.2) is 60.9 Å². The van der Waals surface area contributed by atoms with E-state index in [4.69, 9.17) is 9.47 Å². The number of carbonyl (C=O) groups is 1. The van der Waals surface area contributed by atoms with Crippen LogP contribution in [0.25, 0.3) is 0 Å². The van der Waals surface area contributed by atoms with Crippen molar-refractivity contribution in [1.29, 1.82) is 0 Å². The van der Waals surface area contributed by atoms with Crippen LogP contribution in [0.4, 0.5) is 10.5 Å². The first-order chi connectivity index (χ1) is 11.9. The van der Waals surface area contributed by atoms with Crippen LogP contribution >= 0.6 is 0 Å². The van der Waals surface area contributed by atoms with Crippen LogP contribution in [0.1, 0.15) is 31.9 Å². The Balaban J connectivity index is 1.56. The van der Waals surface area contributed by atoms with Crippen molar-refractivity contribution in [3.63, 3.8) is 0 Å². The van der Waals surface area contributed by atoms with Crippen molar-refractivity contribution < 1.29 is 14.3 Å². The number of anilines is 1. The molecule has 0 aliphatic carbocycles. The van der Waals surface area contributed by atoms with Crippen LogP contribution in [0.15, 0.2) is 18.2 Å². The van der Waals surface area contributed by atoms with Crippen molar-refractivity contribution in [3.8, 4) is 0 Å². The molecule has 0 saturated carbocycles. The molecule has 0 unspecified atom stereocenters. The average Bonchev–Trinajstić information content (AvgIpc) is 3.00. The van der Waals surface area contributed by atoms with E-state index in [1.54, 1.807) is 4.90 Å². The second-order valence-electron chi connectivity index (χ2n) is 7.66. The summed E-state index contributed by atoms with van der Waals surface area (Å²) >= 11 is 0. The minimum absolute atomic E-state index is 0.247. The minimum atomic E-state index is -0.467. The van der Waals surface area contributed by atoms with Crippen LogP contribution in [0.3, 0.4) is 0 Å². The molecule has 6 nitrogen and oxygen atoms in total. The third-order valence-corrected chi connectivity index (χ3v) is 4.48. The normalized spacial score (nSPS) is 18.1. The summed E-state index contributed by atoms with van der Waals surface area (Å²) in [6.07, 6.45) is -0.247. The molecule has 0 spiro atoms. The Morgan fingerprint density at radius 1 is 1.24 bits per heavy atom. The fraction of sp³-hybridized carbons (Fsp3) is 0.632. The second-order valence-corrected chi connectivity index (χ2v) is 7.66. The first-order valence-corrected chi connectivity index (χ1v) is 9.05. The van der Waals surface area contributed by atoms with Crippen molar-refractivity contribution in [3.05, 3.63) is 29.3 Å². The monoisotopic (exact) mass is 347 g/mol. The summed E-state index contributed by atoms with van der Waals surface area (Å²) in [4.78, 5) is 16.5. The highest BCUT2D eigenvalue weighted by molar-refractivity contribution is 5.71. The van der Waals surface area contributed by atoms with Crippen molar-refractivity contribution in [1.82, 2.24) is 9.80 Å². The summed E-state index contributed by atoms with van der Waals surface area (Å²) in [5.41, 5.74) is 3.06. The molecule has 0 aromatic heterocycles. The van der Waals surface area contributed by atoms with Gasteiger partial charge in [-0.2, -0.15) is 0 Å². The lowest BCUT2D eigenvalue weighted by molar-refractivity contribution is 0.0242. The van der Waals surface area contributed by atoms with Crippen LogP contribution < -0.4 is 5.32 Å². The summed E-state index contributed by atoms with van der Waals surface area (Å²) in [7, 11) is 0. The molecule has 1 N–H and O–H groups in total. The predicted octanol–water partition coefficient (Wildman–Crippen LogP) is 2.68. The summed E-state index contributed by atoms with van der Waals surface area (Å²) in [6, 6.07) is 6.23. The Kier molecular flexibility index (Phi) is 5.49. The first-order valence-electron chi connectivity index (χ1n) is 9.05. The van der Waals surface area contributed by atoms with Crippen molar-refractivity contribution in [2.24, 2.45) is 0 Å². The highest BCUT2D eigenvalue weighted by Gasteiger charge is 2.29. The molecule has 0 bridgehead atoms. The summed E-state index contributed by atoms with van der Waals surface area (Å²) in [5, 5.41) is 3.54. The quantitative estimate of drug-likeness (QED) is 0.907. The highest BCUT2D eigenvalue weighted by Crippen LogP contribution is 2.30. The summed E-state index contributed by atoms with van der Waals surface area (Å²) in [5.74, 6) is 0. The summed E-state index contributed by atoms with van der Waals surface area (Å²) < 4.78 is 10.9. The van der Waals surface area contributed by atoms with E-state index in [0.29, 0.717) is 13.1 Å². The molecule has 0 radical (unpaired) electrons. The number of rotatable bonds is 4. The van der Waals surface area contributed by atoms with Gasteiger partial charge in [0.05, 0.1) is 19.8 Å². The molecule has 1 fully saturated rings. The van der Waals surface area contributed by atoms with Gasteiger partial charge < -0.3 is 14.8 Å². The zero-order valence-electron chi connectivity index (χ0n) is 15.5. The topological polar surface area (TPSA) is 54.0 Å². The van der Waals surface area contributed by atoms with E-state index in [1.807, 2.05) is 20.8 Å². The molecule has 3 rings (SSSR count). The molecule has 1 aromatic carbocycles. The van der Waals surface area contributed by atoms with E-state index < -0.39 is 5.60 Å². The number of fused-ring (bicyclic) bond motifs is 1. The standard InChI is InChI=1S/C19H29N3O3/c1-19(2,3)25-18(23)22-13-15-5-4-6-17(16(15)14-22)20-7-8-21-9-11-24-12-10-21/h4-6,20H,7-14H2,1-3H3. The Morgan fingerprint density at radius 3 is 2.72 bits per heavy atom. The number of nitrogens with one attached hydrogen (secondary N) is 1. The number of benzene rings is 1. The van der Waals surface area contributed by atoms with Crippen LogP contribution in [0, 0.1) is 0 Å². The maximum absolute atomic E-state index is 12.3. The first kappa shape index (κ1) is 18.0. The third-order valence-electron chi connectivity index (χ3n) is 4.48. The molecule has 138 valence electrons.